The van der Waals surface area contributed by atoms with Gasteiger partial charge >= 0.3 is 0 Å². The van der Waals surface area contributed by atoms with Crippen LogP contribution in [0.4, 0.5) is 5.69 Å². The van der Waals surface area contributed by atoms with Crippen molar-refractivity contribution >= 4 is 29.3 Å². The molecule has 0 saturated carbocycles. The SMILES string of the molecule is C[C@@H]1CC[C@@H](C)N1[C@H]1CCCN(C(=O)c2ccc3c(c2)NC(=O)CS3)C1. The van der Waals surface area contributed by atoms with Crippen molar-refractivity contribution in [3.8, 4) is 0 Å². The fraction of sp³-hybridized carbons (Fsp3) is 0.600. The van der Waals surface area contributed by atoms with Crippen LogP contribution in [0.1, 0.15) is 49.9 Å². The van der Waals surface area contributed by atoms with Gasteiger partial charge in [0, 0.05) is 41.7 Å². The summed E-state index contributed by atoms with van der Waals surface area (Å²) in [6, 6.07) is 7.39. The highest BCUT2D eigenvalue weighted by Crippen LogP contribution is 2.33. The molecule has 1 aromatic rings. The lowest BCUT2D eigenvalue weighted by molar-refractivity contribution is -0.113. The second-order valence-corrected chi connectivity index (χ2v) is 8.83. The van der Waals surface area contributed by atoms with Gasteiger partial charge in [0.25, 0.3) is 5.91 Å². The first-order valence-corrected chi connectivity index (χ1v) is 10.6. The molecule has 6 heteroatoms. The summed E-state index contributed by atoms with van der Waals surface area (Å²) in [5.41, 5.74) is 1.45. The number of nitrogens with one attached hydrogen (secondary N) is 1. The topological polar surface area (TPSA) is 52.6 Å². The van der Waals surface area contributed by atoms with Crippen LogP contribution in [0.5, 0.6) is 0 Å². The predicted octanol–water partition coefficient (Wildman–Crippen LogP) is 3.21. The molecule has 3 aliphatic rings. The summed E-state index contributed by atoms with van der Waals surface area (Å²) in [4.78, 5) is 30.4. The first-order chi connectivity index (χ1) is 12.5. The molecule has 3 atom stereocenters. The Kier molecular flexibility index (Phi) is 4.97. The minimum absolute atomic E-state index is 0.00199. The molecule has 2 fully saturated rings. The van der Waals surface area contributed by atoms with Crippen LogP contribution < -0.4 is 5.32 Å². The lowest BCUT2D eigenvalue weighted by Crippen LogP contribution is -2.52. The molecule has 0 aromatic heterocycles. The molecular weight excluding hydrogens is 346 g/mol. The zero-order valence-corrected chi connectivity index (χ0v) is 16.3. The van der Waals surface area contributed by atoms with E-state index in [-0.39, 0.29) is 11.8 Å². The lowest BCUT2D eigenvalue weighted by Gasteiger charge is -2.41. The normalized spacial score (nSPS) is 29.4. The summed E-state index contributed by atoms with van der Waals surface area (Å²) >= 11 is 1.53. The van der Waals surface area contributed by atoms with E-state index in [0.29, 0.717) is 29.4 Å². The van der Waals surface area contributed by atoms with E-state index in [0.717, 1.165) is 30.1 Å². The van der Waals surface area contributed by atoms with Gasteiger partial charge in [0.1, 0.15) is 0 Å². The number of rotatable bonds is 2. The molecule has 0 bridgehead atoms. The number of hydrogen-bond donors (Lipinski definition) is 1. The Balaban J connectivity index is 1.49. The summed E-state index contributed by atoms with van der Waals surface area (Å²) in [5, 5.41) is 2.88. The molecule has 1 N–H and O–H groups in total. The Labute approximate surface area is 159 Å². The highest BCUT2D eigenvalue weighted by Gasteiger charge is 2.36. The molecule has 26 heavy (non-hydrogen) atoms. The molecular formula is C20H27N3O2S. The third-order valence-electron chi connectivity index (χ3n) is 5.98. The van der Waals surface area contributed by atoms with E-state index in [1.54, 1.807) is 0 Å². The number of amides is 2. The third-order valence-corrected chi connectivity index (χ3v) is 7.06. The Morgan fingerprint density at radius 2 is 1.96 bits per heavy atom. The van der Waals surface area contributed by atoms with Crippen LogP contribution in [0.25, 0.3) is 0 Å². The Morgan fingerprint density at radius 3 is 2.73 bits per heavy atom. The number of piperidine rings is 1. The molecule has 4 rings (SSSR count). The average molecular weight is 374 g/mol. The summed E-state index contributed by atoms with van der Waals surface area (Å²) in [7, 11) is 0. The number of likely N-dealkylation sites (tertiary alicyclic amines) is 2. The molecule has 1 aromatic carbocycles. The van der Waals surface area contributed by atoms with E-state index in [1.807, 2.05) is 23.1 Å². The van der Waals surface area contributed by atoms with Gasteiger partial charge in [0.05, 0.1) is 11.4 Å². The minimum atomic E-state index is 0.00199. The summed E-state index contributed by atoms with van der Waals surface area (Å²) < 4.78 is 0. The smallest absolute Gasteiger partial charge is 0.253 e. The molecule has 0 radical (unpaired) electrons. The van der Waals surface area contributed by atoms with E-state index in [9.17, 15) is 9.59 Å². The monoisotopic (exact) mass is 373 g/mol. The molecule has 0 spiro atoms. The van der Waals surface area contributed by atoms with Crippen LogP contribution in [0, 0.1) is 0 Å². The average Bonchev–Trinajstić information content (AvgIpc) is 2.99. The fourth-order valence-corrected chi connectivity index (χ4v) is 5.50. The molecule has 0 unspecified atom stereocenters. The number of anilines is 1. The number of nitrogens with zero attached hydrogens (tertiary/aromatic N) is 2. The lowest BCUT2D eigenvalue weighted by atomic mass is 10.0. The van der Waals surface area contributed by atoms with Gasteiger partial charge in [-0.25, -0.2) is 0 Å². The second-order valence-electron chi connectivity index (χ2n) is 7.82. The maximum atomic E-state index is 13.1. The van der Waals surface area contributed by atoms with Crippen molar-refractivity contribution in [2.45, 2.75) is 62.6 Å². The molecule has 3 aliphatic heterocycles. The summed E-state index contributed by atoms with van der Waals surface area (Å²) in [6.45, 7) is 6.26. The maximum absolute atomic E-state index is 13.1. The number of thioether (sulfide) groups is 1. The standard InChI is InChI=1S/C20H27N3O2S/c1-13-5-6-14(2)23(13)16-4-3-9-22(11-16)20(25)15-7-8-18-17(10-15)21-19(24)12-26-18/h7-8,10,13-14,16H,3-6,9,11-12H2,1-2H3,(H,21,24)/t13-,14-,16+/m1/s1. The maximum Gasteiger partial charge on any atom is 0.253 e. The van der Waals surface area contributed by atoms with Gasteiger partial charge in [-0.1, -0.05) is 0 Å². The molecule has 5 nitrogen and oxygen atoms in total. The van der Waals surface area contributed by atoms with E-state index in [2.05, 4.69) is 24.1 Å². The van der Waals surface area contributed by atoms with Crippen LogP contribution in [-0.4, -0.2) is 58.6 Å². The minimum Gasteiger partial charge on any atom is -0.337 e. The molecule has 0 aliphatic carbocycles. The zero-order chi connectivity index (χ0) is 18.3. The first-order valence-electron chi connectivity index (χ1n) is 9.66. The fourth-order valence-electron chi connectivity index (χ4n) is 4.72. The summed E-state index contributed by atoms with van der Waals surface area (Å²) in [6.07, 6.45) is 4.75. The van der Waals surface area contributed by atoms with Gasteiger partial charge in [-0.05, 0) is 57.7 Å². The van der Waals surface area contributed by atoms with Crippen molar-refractivity contribution in [2.75, 3.05) is 24.2 Å². The largest absolute Gasteiger partial charge is 0.337 e. The zero-order valence-electron chi connectivity index (χ0n) is 15.5. The molecule has 140 valence electrons. The van der Waals surface area contributed by atoms with Crippen molar-refractivity contribution in [3.63, 3.8) is 0 Å². The first kappa shape index (κ1) is 17.9. The van der Waals surface area contributed by atoms with Gasteiger partial charge in [-0.2, -0.15) is 0 Å². The van der Waals surface area contributed by atoms with E-state index >= 15 is 0 Å². The number of hydrogen-bond acceptors (Lipinski definition) is 4. The van der Waals surface area contributed by atoms with E-state index in [1.165, 1.54) is 31.0 Å². The quantitative estimate of drug-likeness (QED) is 0.865. The van der Waals surface area contributed by atoms with Crippen LogP contribution in [0.3, 0.4) is 0 Å². The number of carbonyl (C=O) groups is 2. The van der Waals surface area contributed by atoms with Gasteiger partial charge in [-0.15, -0.1) is 11.8 Å². The second kappa shape index (κ2) is 7.24. The molecule has 3 heterocycles. The van der Waals surface area contributed by atoms with Gasteiger partial charge in [-0.3, -0.25) is 14.5 Å². The van der Waals surface area contributed by atoms with E-state index < -0.39 is 0 Å². The van der Waals surface area contributed by atoms with Gasteiger partial charge in [0.2, 0.25) is 5.91 Å². The van der Waals surface area contributed by atoms with Gasteiger partial charge in [0.15, 0.2) is 0 Å². The summed E-state index contributed by atoms with van der Waals surface area (Å²) in [5.74, 6) is 0.532. The Bertz CT molecular complexity index is 713. The molecule has 2 amide bonds. The van der Waals surface area contributed by atoms with Crippen LogP contribution in [-0.2, 0) is 4.79 Å². The van der Waals surface area contributed by atoms with Crippen LogP contribution in [0.2, 0.25) is 0 Å². The van der Waals surface area contributed by atoms with Crippen molar-refractivity contribution in [1.29, 1.82) is 0 Å². The number of benzene rings is 1. The van der Waals surface area contributed by atoms with Crippen molar-refractivity contribution in [1.82, 2.24) is 9.80 Å². The Morgan fingerprint density at radius 1 is 1.19 bits per heavy atom. The third kappa shape index (κ3) is 3.37. The highest BCUT2D eigenvalue weighted by atomic mass is 32.2. The van der Waals surface area contributed by atoms with E-state index in [4.69, 9.17) is 0 Å². The predicted molar refractivity (Wildman–Crippen MR) is 105 cm³/mol. The van der Waals surface area contributed by atoms with Crippen LogP contribution in [0.15, 0.2) is 23.1 Å². The number of fused-ring (bicyclic) bond motifs is 1. The number of carbonyl (C=O) groups excluding carboxylic acids is 2. The molecule has 2 saturated heterocycles. The van der Waals surface area contributed by atoms with Gasteiger partial charge < -0.3 is 10.2 Å². The highest BCUT2D eigenvalue weighted by molar-refractivity contribution is 8.00. The van der Waals surface area contributed by atoms with Crippen LogP contribution >= 0.6 is 11.8 Å². The Hall–Kier alpha value is -1.53. The van der Waals surface area contributed by atoms with Crippen molar-refractivity contribution in [3.05, 3.63) is 23.8 Å². The van der Waals surface area contributed by atoms with Crippen molar-refractivity contribution in [2.24, 2.45) is 0 Å². The van der Waals surface area contributed by atoms with Crippen molar-refractivity contribution < 1.29 is 9.59 Å².